The summed E-state index contributed by atoms with van der Waals surface area (Å²) in [4.78, 5) is 2.86. The Balaban J connectivity index is 3.26. The first-order valence-electron chi connectivity index (χ1n) is 3.10. The highest BCUT2D eigenvalue weighted by molar-refractivity contribution is 7.86. The van der Waals surface area contributed by atoms with Crippen molar-refractivity contribution in [3.63, 3.8) is 0 Å². The summed E-state index contributed by atoms with van der Waals surface area (Å²) in [5.41, 5.74) is 0. The van der Waals surface area contributed by atoms with Gasteiger partial charge < -0.3 is 4.74 Å². The van der Waals surface area contributed by atoms with Gasteiger partial charge in [-0.15, -0.1) is 0 Å². The van der Waals surface area contributed by atoms with Crippen LogP contribution >= 0.6 is 0 Å². The van der Waals surface area contributed by atoms with Gasteiger partial charge in [0.2, 0.25) is 0 Å². The van der Waals surface area contributed by atoms with Crippen LogP contribution in [0.2, 0.25) is 0 Å². The van der Waals surface area contributed by atoms with Gasteiger partial charge in [-0.3, -0.25) is 0 Å². The summed E-state index contributed by atoms with van der Waals surface area (Å²) in [6.45, 7) is 0. The summed E-state index contributed by atoms with van der Waals surface area (Å²) < 4.78 is 49.9. The van der Waals surface area contributed by atoms with Gasteiger partial charge in [0.25, 0.3) is 5.95 Å². The molecular weight excluding hydrogens is 204 g/mol. The van der Waals surface area contributed by atoms with Crippen molar-refractivity contribution in [2.24, 2.45) is 0 Å². The lowest BCUT2D eigenvalue weighted by molar-refractivity contribution is 0.374. The maximum Gasteiger partial charge on any atom is 0.349 e. The second-order valence-electron chi connectivity index (χ2n) is 2.08. The first kappa shape index (κ1) is 9.85. The van der Waals surface area contributed by atoms with Crippen molar-refractivity contribution < 1.29 is 21.4 Å². The molecule has 0 aliphatic heterocycles. The fourth-order valence-corrected chi connectivity index (χ4v) is 1.11. The second-order valence-corrected chi connectivity index (χ2v) is 3.37. The van der Waals surface area contributed by atoms with E-state index in [1.54, 1.807) is 0 Å². The molecule has 0 amide bonds. The van der Waals surface area contributed by atoms with Crippen LogP contribution in [0.4, 0.5) is 8.28 Å². The van der Waals surface area contributed by atoms with E-state index in [1.807, 2.05) is 0 Å². The monoisotopic (exact) mass is 209 g/mol. The van der Waals surface area contributed by atoms with Crippen LogP contribution in [0.25, 0.3) is 0 Å². The topological polar surface area (TPSA) is 56.3 Å². The number of nitrogens with zero attached hydrogens (tertiary/aromatic N) is 1. The zero-order valence-corrected chi connectivity index (χ0v) is 7.31. The molecule has 0 saturated heterocycles. The lowest BCUT2D eigenvalue weighted by Crippen LogP contribution is -1.99. The lowest BCUT2D eigenvalue weighted by atomic mass is 10.4. The zero-order valence-electron chi connectivity index (χ0n) is 6.49. The Morgan fingerprint density at radius 3 is 2.46 bits per heavy atom. The average Bonchev–Trinajstić information content (AvgIpc) is 2.02. The number of methoxy groups -OCH3 is 1. The molecule has 0 atom stereocenters. The molecule has 1 aromatic heterocycles. The molecule has 0 radical (unpaired) electrons. The highest BCUT2D eigenvalue weighted by atomic mass is 32.3. The molecule has 1 heterocycles. The van der Waals surface area contributed by atoms with Crippen LogP contribution in [0.3, 0.4) is 0 Å². The molecule has 0 aliphatic rings. The fourth-order valence-electron chi connectivity index (χ4n) is 0.693. The molecule has 7 heteroatoms. The van der Waals surface area contributed by atoms with Gasteiger partial charge in [0.1, 0.15) is 0 Å². The van der Waals surface area contributed by atoms with Gasteiger partial charge in [-0.25, -0.2) is 4.98 Å². The third kappa shape index (κ3) is 2.11. The predicted molar refractivity (Wildman–Crippen MR) is 39.0 cm³/mol. The second kappa shape index (κ2) is 3.25. The van der Waals surface area contributed by atoms with Gasteiger partial charge in [-0.2, -0.15) is 12.8 Å². The van der Waals surface area contributed by atoms with Crippen molar-refractivity contribution in [1.29, 1.82) is 0 Å². The Labute approximate surface area is 73.4 Å². The number of ether oxygens (including phenoxy) is 1. The van der Waals surface area contributed by atoms with Crippen LogP contribution in [-0.2, 0) is 10.2 Å². The quantitative estimate of drug-likeness (QED) is 0.536. The minimum Gasteiger partial charge on any atom is -0.492 e. The highest BCUT2D eigenvalue weighted by Gasteiger charge is 2.16. The van der Waals surface area contributed by atoms with Gasteiger partial charge in [0.05, 0.1) is 7.11 Å². The molecule has 4 nitrogen and oxygen atoms in total. The first-order chi connectivity index (χ1) is 5.95. The van der Waals surface area contributed by atoms with E-state index in [9.17, 15) is 16.7 Å². The van der Waals surface area contributed by atoms with Crippen molar-refractivity contribution >= 4 is 10.2 Å². The maximum atomic E-state index is 12.7. The van der Waals surface area contributed by atoms with Crippen molar-refractivity contribution in [2.45, 2.75) is 5.03 Å². The molecule has 0 unspecified atom stereocenters. The summed E-state index contributed by atoms with van der Waals surface area (Å²) in [6.07, 6.45) is 0. The zero-order chi connectivity index (χ0) is 10.1. The number of halogens is 2. The maximum absolute atomic E-state index is 12.7. The van der Waals surface area contributed by atoms with E-state index in [-0.39, 0.29) is 5.75 Å². The van der Waals surface area contributed by atoms with Gasteiger partial charge in [0, 0.05) is 0 Å². The van der Waals surface area contributed by atoms with Gasteiger partial charge >= 0.3 is 10.2 Å². The normalized spacial score (nSPS) is 11.3. The van der Waals surface area contributed by atoms with Gasteiger partial charge in [0.15, 0.2) is 10.8 Å². The lowest BCUT2D eigenvalue weighted by Gasteiger charge is -2.00. The standard InChI is InChI=1S/C6H5F2NO3S/c1-12-4-2-3-5(9-6(4)7)13(8,10)11/h2-3H,1H3. The van der Waals surface area contributed by atoms with E-state index < -0.39 is 21.2 Å². The average molecular weight is 209 g/mol. The van der Waals surface area contributed by atoms with Crippen molar-refractivity contribution in [3.8, 4) is 5.75 Å². The van der Waals surface area contributed by atoms with Crippen molar-refractivity contribution in [1.82, 2.24) is 4.98 Å². The Bertz CT molecular complexity index is 418. The molecule has 1 aromatic rings. The molecule has 72 valence electrons. The third-order valence-electron chi connectivity index (χ3n) is 1.26. The summed E-state index contributed by atoms with van der Waals surface area (Å²) in [7, 11) is -3.77. The molecule has 0 N–H and O–H groups in total. The summed E-state index contributed by atoms with van der Waals surface area (Å²) in [6, 6.07) is 1.80. The summed E-state index contributed by atoms with van der Waals surface area (Å²) in [5, 5.41) is -0.967. The molecule has 0 aromatic carbocycles. The van der Waals surface area contributed by atoms with Crippen LogP contribution in [0, 0.1) is 5.95 Å². The molecule has 0 aliphatic carbocycles. The Hall–Kier alpha value is -1.24. The number of pyridine rings is 1. The Morgan fingerprint density at radius 1 is 1.46 bits per heavy atom. The van der Waals surface area contributed by atoms with Crippen LogP contribution in [0.15, 0.2) is 17.2 Å². The van der Waals surface area contributed by atoms with Gasteiger partial charge in [-0.05, 0) is 12.1 Å². The number of hydrogen-bond acceptors (Lipinski definition) is 4. The summed E-state index contributed by atoms with van der Waals surface area (Å²) in [5.74, 6) is -1.41. The third-order valence-corrected chi connectivity index (χ3v) is 1.99. The Kier molecular flexibility index (Phi) is 2.46. The van der Waals surface area contributed by atoms with E-state index in [2.05, 4.69) is 9.72 Å². The molecule has 0 fully saturated rings. The summed E-state index contributed by atoms with van der Waals surface area (Å²) >= 11 is 0. The van der Waals surface area contributed by atoms with Crippen LogP contribution in [0.1, 0.15) is 0 Å². The van der Waals surface area contributed by atoms with Crippen LogP contribution in [-0.4, -0.2) is 20.5 Å². The van der Waals surface area contributed by atoms with E-state index >= 15 is 0 Å². The Morgan fingerprint density at radius 2 is 2.08 bits per heavy atom. The van der Waals surface area contributed by atoms with Crippen LogP contribution < -0.4 is 4.74 Å². The fraction of sp³-hybridized carbons (Fsp3) is 0.167. The van der Waals surface area contributed by atoms with Crippen LogP contribution in [0.5, 0.6) is 5.75 Å². The number of hydrogen-bond donors (Lipinski definition) is 0. The highest BCUT2D eigenvalue weighted by Crippen LogP contribution is 2.17. The largest absolute Gasteiger partial charge is 0.492 e. The van der Waals surface area contributed by atoms with Crippen molar-refractivity contribution in [2.75, 3.05) is 7.11 Å². The predicted octanol–water partition coefficient (Wildman–Crippen LogP) is 0.887. The number of rotatable bonds is 2. The molecule has 0 spiro atoms. The molecular formula is C6H5F2NO3S. The SMILES string of the molecule is COc1ccc(S(=O)(=O)F)nc1F. The number of aromatic nitrogens is 1. The molecule has 0 saturated carbocycles. The first-order valence-corrected chi connectivity index (χ1v) is 4.48. The minimum atomic E-state index is -4.96. The van der Waals surface area contributed by atoms with E-state index in [4.69, 9.17) is 0 Å². The van der Waals surface area contributed by atoms with Gasteiger partial charge in [-0.1, -0.05) is 3.89 Å². The molecule has 1 rings (SSSR count). The molecule has 13 heavy (non-hydrogen) atoms. The van der Waals surface area contributed by atoms with E-state index in [0.29, 0.717) is 0 Å². The van der Waals surface area contributed by atoms with E-state index in [1.165, 1.54) is 7.11 Å². The smallest absolute Gasteiger partial charge is 0.349 e. The molecule has 0 bridgehead atoms. The minimum absolute atomic E-state index is 0.243. The van der Waals surface area contributed by atoms with E-state index in [0.717, 1.165) is 12.1 Å². The van der Waals surface area contributed by atoms with Crippen molar-refractivity contribution in [3.05, 3.63) is 18.1 Å².